The number of quaternary nitrogens is 1. The molecular formula is C33H37ClF3N10O4+. The van der Waals surface area contributed by atoms with Gasteiger partial charge in [-0.2, -0.15) is 18.3 Å². The van der Waals surface area contributed by atoms with Gasteiger partial charge in [0.2, 0.25) is 5.91 Å². The summed E-state index contributed by atoms with van der Waals surface area (Å²) in [4.78, 5) is 51.1. The number of benzene rings is 1. The lowest BCUT2D eigenvalue weighted by Crippen LogP contribution is -2.58. The number of anilines is 2. The van der Waals surface area contributed by atoms with Gasteiger partial charge in [-0.3, -0.25) is 14.4 Å². The normalized spacial score (nSPS) is 19.2. The van der Waals surface area contributed by atoms with Gasteiger partial charge in [-0.1, -0.05) is 11.6 Å². The smallest absolute Gasteiger partial charge is 0.397 e. The van der Waals surface area contributed by atoms with Crippen LogP contribution in [0.3, 0.4) is 0 Å². The fraction of sp³-hybridized carbons (Fsp3) is 0.394. The average molecular weight is 730 g/mol. The van der Waals surface area contributed by atoms with Crippen LogP contribution >= 0.6 is 11.6 Å². The second-order valence-electron chi connectivity index (χ2n) is 13.4. The predicted octanol–water partition coefficient (Wildman–Crippen LogP) is 2.92. The van der Waals surface area contributed by atoms with Crippen LogP contribution in [0.25, 0.3) is 17.1 Å². The highest BCUT2D eigenvalue weighted by Crippen LogP contribution is 2.37. The lowest BCUT2D eigenvalue weighted by Gasteiger charge is -2.42. The number of hydrogen-bond acceptors (Lipinski definition) is 8. The summed E-state index contributed by atoms with van der Waals surface area (Å²) in [7, 11) is 5.45. The van der Waals surface area contributed by atoms with Gasteiger partial charge >= 0.3 is 6.18 Å². The highest BCUT2D eigenvalue weighted by atomic mass is 35.5. The molecule has 3 aromatic heterocycles. The van der Waals surface area contributed by atoms with Crippen molar-refractivity contribution in [3.05, 3.63) is 71.0 Å². The first-order valence-electron chi connectivity index (χ1n) is 16.1. The fourth-order valence-corrected chi connectivity index (χ4v) is 6.74. The van der Waals surface area contributed by atoms with E-state index in [-0.39, 0.29) is 64.1 Å². The zero-order valence-corrected chi connectivity index (χ0v) is 28.8. The number of aromatic nitrogens is 5. The molecule has 1 aromatic carbocycles. The number of carbonyl (C=O) groups excluding carboxylic acids is 3. The molecule has 2 aliphatic heterocycles. The molecule has 2 fully saturated rings. The van der Waals surface area contributed by atoms with Crippen molar-refractivity contribution in [2.24, 2.45) is 13.0 Å². The molecular weight excluding hydrogens is 693 g/mol. The SMILES string of the molecule is Cn1c(-c2cn(-c3ccc(N)cn3)nc2C(F)(F)F)cnc1C(=O)Nc1ccc(C(=O)N2CCN(C(=O)[C@H]3CC[N+](C)(C)C[C@H]3O)CC2)c(Cl)c1. The molecule has 0 saturated carbocycles. The van der Waals surface area contributed by atoms with E-state index in [9.17, 15) is 32.7 Å². The van der Waals surface area contributed by atoms with Crippen molar-refractivity contribution in [1.82, 2.24) is 34.1 Å². The average Bonchev–Trinajstić information content (AvgIpc) is 3.68. The molecule has 51 heavy (non-hydrogen) atoms. The maximum absolute atomic E-state index is 14.0. The number of nitrogens with zero attached hydrogens (tertiary/aromatic N) is 8. The van der Waals surface area contributed by atoms with Crippen LogP contribution in [0.2, 0.25) is 5.02 Å². The van der Waals surface area contributed by atoms with Gasteiger partial charge in [0.15, 0.2) is 17.3 Å². The molecule has 0 aliphatic carbocycles. The number of hydrogen-bond donors (Lipinski definition) is 3. The maximum Gasteiger partial charge on any atom is 0.435 e. The van der Waals surface area contributed by atoms with E-state index in [1.807, 2.05) is 14.1 Å². The van der Waals surface area contributed by atoms with Crippen LogP contribution in [0, 0.1) is 5.92 Å². The van der Waals surface area contributed by atoms with E-state index in [0.29, 0.717) is 36.2 Å². The molecule has 4 aromatic rings. The molecule has 270 valence electrons. The number of pyridine rings is 1. The number of carbonyl (C=O) groups is 3. The molecule has 0 spiro atoms. The summed E-state index contributed by atoms with van der Waals surface area (Å²) in [5.41, 5.74) is 4.87. The van der Waals surface area contributed by atoms with Gasteiger partial charge < -0.3 is 35.0 Å². The summed E-state index contributed by atoms with van der Waals surface area (Å²) in [6.45, 7) is 2.53. The van der Waals surface area contributed by atoms with E-state index in [4.69, 9.17) is 17.3 Å². The van der Waals surface area contributed by atoms with Crippen molar-refractivity contribution in [3.63, 3.8) is 0 Å². The number of nitrogens with one attached hydrogen (secondary N) is 1. The minimum Gasteiger partial charge on any atom is -0.397 e. The molecule has 2 aliphatic rings. The van der Waals surface area contributed by atoms with E-state index in [2.05, 4.69) is 20.4 Å². The number of nitrogens with two attached hydrogens (primary N) is 1. The molecule has 6 rings (SSSR count). The number of amides is 3. The third kappa shape index (κ3) is 7.41. The van der Waals surface area contributed by atoms with Crippen molar-refractivity contribution in [2.75, 3.05) is 64.4 Å². The number of piperidine rings is 1. The first kappa shape index (κ1) is 35.8. The second kappa shape index (κ2) is 13.6. The highest BCUT2D eigenvalue weighted by Gasteiger charge is 2.41. The summed E-state index contributed by atoms with van der Waals surface area (Å²) in [6.07, 6.45) is -1.36. The van der Waals surface area contributed by atoms with Gasteiger partial charge in [-0.25, -0.2) is 14.6 Å². The third-order valence-corrected chi connectivity index (χ3v) is 9.61. The number of rotatable bonds is 6. The minimum atomic E-state index is -4.82. The highest BCUT2D eigenvalue weighted by molar-refractivity contribution is 6.34. The zero-order valence-electron chi connectivity index (χ0n) is 28.1. The number of halogens is 4. The molecule has 14 nitrogen and oxygen atoms in total. The van der Waals surface area contributed by atoms with Crippen LogP contribution in [0.15, 0.2) is 48.9 Å². The van der Waals surface area contributed by atoms with Gasteiger partial charge in [0.05, 0.1) is 66.5 Å². The molecule has 18 heteroatoms. The fourth-order valence-electron chi connectivity index (χ4n) is 6.47. The minimum absolute atomic E-state index is 0.0203. The second-order valence-corrected chi connectivity index (χ2v) is 13.8. The Labute approximate surface area is 295 Å². The molecule has 4 N–H and O–H groups in total. The van der Waals surface area contributed by atoms with Gasteiger partial charge in [-0.15, -0.1) is 0 Å². The van der Waals surface area contributed by atoms with E-state index < -0.39 is 29.8 Å². The molecule has 2 saturated heterocycles. The Bertz CT molecular complexity index is 1970. The van der Waals surface area contributed by atoms with Gasteiger partial charge in [-0.05, 0) is 30.3 Å². The Balaban J connectivity index is 1.11. The number of aliphatic hydroxyl groups is 1. The third-order valence-electron chi connectivity index (χ3n) is 9.30. The number of alkyl halides is 3. The van der Waals surface area contributed by atoms with E-state index >= 15 is 0 Å². The number of nitrogen functional groups attached to an aromatic ring is 1. The summed E-state index contributed by atoms with van der Waals surface area (Å²) in [5.74, 6) is -1.71. The van der Waals surface area contributed by atoms with Crippen molar-refractivity contribution in [3.8, 4) is 17.1 Å². The monoisotopic (exact) mass is 729 g/mol. The maximum atomic E-state index is 14.0. The van der Waals surface area contributed by atoms with Crippen LogP contribution in [-0.2, 0) is 18.0 Å². The van der Waals surface area contributed by atoms with E-state index in [1.165, 1.54) is 48.1 Å². The number of aliphatic hydroxyl groups excluding tert-OH is 1. The zero-order chi connectivity index (χ0) is 36.8. The molecule has 0 bridgehead atoms. The van der Waals surface area contributed by atoms with Crippen LogP contribution in [0.4, 0.5) is 24.5 Å². The molecule has 0 unspecified atom stereocenters. The Morgan fingerprint density at radius 3 is 2.37 bits per heavy atom. The van der Waals surface area contributed by atoms with Crippen molar-refractivity contribution in [1.29, 1.82) is 0 Å². The van der Waals surface area contributed by atoms with E-state index in [0.717, 1.165) is 23.6 Å². The summed E-state index contributed by atoms with van der Waals surface area (Å²) >= 11 is 6.49. The number of likely N-dealkylation sites (tertiary alicyclic amines) is 1. The summed E-state index contributed by atoms with van der Waals surface area (Å²) < 4.78 is 44.9. The number of piperazine rings is 1. The Kier molecular flexibility index (Phi) is 9.56. The summed E-state index contributed by atoms with van der Waals surface area (Å²) in [5, 5.41) is 17.0. The standard InChI is InChI=1S/C33H36ClF3N10O4/c1-43-25(23-17-46(42-28(23)33(35,36)37)27-7-4-19(38)15-39-27)16-40-29(43)30(49)41-20-5-6-21(24(34)14-20)31(50)44-9-11-45(12-10-44)32(51)22-8-13-47(2,3)18-26(22)48/h4-7,14-17,22,26,48H,8-13,18,38H2,1-3H3/p+1/t22-,26+/m0/s1. The van der Waals surface area contributed by atoms with Gasteiger partial charge in [0.25, 0.3) is 11.8 Å². The first-order valence-corrected chi connectivity index (χ1v) is 16.5. The van der Waals surface area contributed by atoms with Crippen LogP contribution in [-0.4, -0.2) is 121 Å². The van der Waals surface area contributed by atoms with Crippen LogP contribution in [0.1, 0.15) is 33.1 Å². The predicted molar refractivity (Wildman–Crippen MR) is 181 cm³/mol. The topological polar surface area (TPSA) is 164 Å². The Morgan fingerprint density at radius 1 is 1.04 bits per heavy atom. The largest absolute Gasteiger partial charge is 0.435 e. The molecule has 5 heterocycles. The molecule has 0 radical (unpaired) electrons. The van der Waals surface area contributed by atoms with Crippen molar-refractivity contribution < 1.29 is 37.1 Å². The van der Waals surface area contributed by atoms with Gasteiger partial charge in [0, 0.05) is 51.5 Å². The lowest BCUT2D eigenvalue weighted by molar-refractivity contribution is -0.899. The van der Waals surface area contributed by atoms with Crippen molar-refractivity contribution >= 4 is 40.7 Å². The molecule has 3 amide bonds. The van der Waals surface area contributed by atoms with E-state index in [1.54, 1.807) is 9.80 Å². The first-order chi connectivity index (χ1) is 24.0. The lowest BCUT2D eigenvalue weighted by atomic mass is 9.91. The van der Waals surface area contributed by atoms with Crippen LogP contribution < -0.4 is 11.1 Å². The van der Waals surface area contributed by atoms with Crippen molar-refractivity contribution in [2.45, 2.75) is 18.7 Å². The number of likely N-dealkylation sites (N-methyl/N-ethyl adjacent to an activating group) is 1. The Hall–Kier alpha value is -5.00. The Morgan fingerprint density at radius 2 is 1.75 bits per heavy atom. The molecule has 2 atom stereocenters. The van der Waals surface area contributed by atoms with Gasteiger partial charge in [0.1, 0.15) is 12.6 Å². The quantitative estimate of drug-likeness (QED) is 0.255. The summed E-state index contributed by atoms with van der Waals surface area (Å²) in [6, 6.07) is 7.25. The number of imidazole rings is 1. The van der Waals surface area contributed by atoms with Crippen LogP contribution in [0.5, 0.6) is 0 Å².